The minimum atomic E-state index is -0.167. The summed E-state index contributed by atoms with van der Waals surface area (Å²) >= 11 is 0. The van der Waals surface area contributed by atoms with Crippen LogP contribution in [0.25, 0.3) is 0 Å². The second-order valence-corrected chi connectivity index (χ2v) is 0.455. The Morgan fingerprint density at radius 3 is 2.00 bits per heavy atom. The zero-order valence-electron chi connectivity index (χ0n) is 3.40. The highest BCUT2D eigenvalue weighted by molar-refractivity contribution is 4.59. The summed E-state index contributed by atoms with van der Waals surface area (Å²) in [6.45, 7) is 3.00. The maximum Gasteiger partial charge on any atom is -0.104 e. The summed E-state index contributed by atoms with van der Waals surface area (Å²) in [7, 11) is 0. The van der Waals surface area contributed by atoms with E-state index in [9.17, 15) is 5.11 Å². The highest BCUT2D eigenvalue weighted by atomic mass is 16.2. The molecular weight excluding hydrogens is 66.0 g/mol. The third kappa shape index (κ3) is 23.2. The van der Waals surface area contributed by atoms with Gasteiger partial charge in [-0.2, -0.15) is 0 Å². The van der Waals surface area contributed by atoms with Crippen LogP contribution in [0.15, 0.2) is 12.7 Å². The lowest BCUT2D eigenvalue weighted by molar-refractivity contribution is -0.352. The Labute approximate surface area is 31.7 Å². The van der Waals surface area contributed by atoms with E-state index in [0.717, 1.165) is 0 Å². The Morgan fingerprint density at radius 2 is 2.00 bits per heavy atom. The van der Waals surface area contributed by atoms with Crippen LogP contribution < -0.4 is 11.3 Å². The largest absolute Gasteiger partial charge is 0.851 e. The molecule has 0 saturated carbocycles. The first-order chi connectivity index (χ1) is 1.91. The Hall–Kier alpha value is -0.340. The molecule has 0 heterocycles. The van der Waals surface area contributed by atoms with Crippen LogP contribution in [-0.4, -0.2) is 6.61 Å². The fraction of sp³-hybridized carbons (Fsp3) is 0.333. The van der Waals surface area contributed by atoms with Gasteiger partial charge in [-0.15, -0.1) is 19.3 Å². The Balaban J connectivity index is 0. The van der Waals surface area contributed by atoms with E-state index < -0.39 is 0 Å². The standard InChI is InChI=1S/C3H5O.H3N/c1-2-3-4;/h2H,1,3H2;1H3/q-1;/p+1. The van der Waals surface area contributed by atoms with E-state index in [1.807, 2.05) is 0 Å². The minimum Gasteiger partial charge on any atom is -0.851 e. The van der Waals surface area contributed by atoms with E-state index in [2.05, 4.69) is 6.58 Å². The van der Waals surface area contributed by atoms with Crippen molar-refractivity contribution < 1.29 is 5.11 Å². The van der Waals surface area contributed by atoms with Gasteiger partial charge in [-0.1, -0.05) is 0 Å². The summed E-state index contributed by atoms with van der Waals surface area (Å²) in [6.07, 6.45) is 1.32. The molecule has 2 nitrogen and oxygen atoms in total. The highest BCUT2D eigenvalue weighted by Gasteiger charge is 1.30. The zero-order chi connectivity index (χ0) is 3.41. The fourth-order valence-electron chi connectivity index (χ4n) is 0. The van der Waals surface area contributed by atoms with Gasteiger partial charge in [0.1, 0.15) is 0 Å². The highest BCUT2D eigenvalue weighted by Crippen LogP contribution is 1.39. The van der Waals surface area contributed by atoms with Gasteiger partial charge in [0.25, 0.3) is 0 Å². The summed E-state index contributed by atoms with van der Waals surface area (Å²) in [5, 5.41) is 9.18. The molecule has 0 aromatic heterocycles. The predicted molar refractivity (Wildman–Crippen MR) is 21.0 cm³/mol. The molecule has 0 aliphatic heterocycles. The smallest absolute Gasteiger partial charge is 0.104 e. The molecule has 0 atom stereocenters. The SMILES string of the molecule is C=CC[O-].[NH4+]. The molecule has 0 unspecified atom stereocenters. The third-order valence-corrected chi connectivity index (χ3v) is 0.118. The second kappa shape index (κ2) is 9.40. The van der Waals surface area contributed by atoms with Crippen molar-refractivity contribution in [2.24, 2.45) is 0 Å². The van der Waals surface area contributed by atoms with Gasteiger partial charge in [-0.3, -0.25) is 0 Å². The number of hydrogen-bond acceptors (Lipinski definition) is 1. The molecule has 2 heteroatoms. The maximum atomic E-state index is 9.18. The lowest BCUT2D eigenvalue weighted by Gasteiger charge is -1.83. The molecule has 0 aliphatic carbocycles. The predicted octanol–water partition coefficient (Wildman–Crippen LogP) is -0.0911. The first-order valence-electron chi connectivity index (χ1n) is 1.11. The summed E-state index contributed by atoms with van der Waals surface area (Å²) < 4.78 is 0. The molecule has 0 bridgehead atoms. The Bertz CT molecular complexity index is 20.9. The van der Waals surface area contributed by atoms with Gasteiger partial charge in [0.05, 0.1) is 0 Å². The molecule has 0 saturated heterocycles. The van der Waals surface area contributed by atoms with Crippen LogP contribution in [0.5, 0.6) is 0 Å². The van der Waals surface area contributed by atoms with E-state index >= 15 is 0 Å². The molecule has 0 fully saturated rings. The van der Waals surface area contributed by atoms with Crippen LogP contribution in [0.4, 0.5) is 0 Å². The summed E-state index contributed by atoms with van der Waals surface area (Å²) in [4.78, 5) is 0. The quantitative estimate of drug-likeness (QED) is 0.435. The van der Waals surface area contributed by atoms with Crippen LogP contribution in [0.3, 0.4) is 0 Å². The van der Waals surface area contributed by atoms with Crippen LogP contribution >= 0.6 is 0 Å². The number of hydrogen-bond donors (Lipinski definition) is 1. The van der Waals surface area contributed by atoms with Gasteiger partial charge < -0.3 is 11.3 Å². The molecule has 0 amide bonds. The van der Waals surface area contributed by atoms with Crippen molar-refractivity contribution in [3.05, 3.63) is 12.7 Å². The van der Waals surface area contributed by atoms with Crippen molar-refractivity contribution in [2.45, 2.75) is 0 Å². The molecule has 32 valence electrons. The van der Waals surface area contributed by atoms with E-state index in [1.54, 1.807) is 0 Å². The third-order valence-electron chi connectivity index (χ3n) is 0.118. The van der Waals surface area contributed by atoms with E-state index in [0.29, 0.717) is 0 Å². The van der Waals surface area contributed by atoms with Crippen LogP contribution in [0.1, 0.15) is 0 Å². The van der Waals surface area contributed by atoms with Crippen LogP contribution in [0.2, 0.25) is 0 Å². The average Bonchev–Trinajstić information content (AvgIpc) is 1.37. The topological polar surface area (TPSA) is 59.6 Å². The Morgan fingerprint density at radius 1 is 1.80 bits per heavy atom. The minimum absolute atomic E-state index is 0. The van der Waals surface area contributed by atoms with Crippen molar-refractivity contribution in [1.29, 1.82) is 0 Å². The number of rotatable bonds is 1. The second-order valence-electron chi connectivity index (χ2n) is 0.455. The molecular formula is C3H9NO. The van der Waals surface area contributed by atoms with Crippen LogP contribution in [0, 0.1) is 0 Å². The summed E-state index contributed by atoms with van der Waals surface area (Å²) in [6, 6.07) is 0. The molecule has 4 N–H and O–H groups in total. The van der Waals surface area contributed by atoms with Gasteiger partial charge in [0.15, 0.2) is 0 Å². The normalized spacial score (nSPS) is 5.00. The first-order valence-corrected chi connectivity index (χ1v) is 1.11. The van der Waals surface area contributed by atoms with E-state index in [4.69, 9.17) is 0 Å². The van der Waals surface area contributed by atoms with Crippen molar-refractivity contribution in [1.82, 2.24) is 6.15 Å². The van der Waals surface area contributed by atoms with Gasteiger partial charge in [-0.05, 0) is 0 Å². The monoisotopic (exact) mass is 75.1 g/mol. The van der Waals surface area contributed by atoms with Gasteiger partial charge in [0, 0.05) is 0 Å². The Kier molecular flexibility index (Phi) is 16.6. The molecule has 0 radical (unpaired) electrons. The first kappa shape index (κ1) is 8.82. The zero-order valence-corrected chi connectivity index (χ0v) is 3.40. The van der Waals surface area contributed by atoms with Crippen molar-refractivity contribution in [3.63, 3.8) is 0 Å². The molecule has 0 aromatic carbocycles. The number of quaternary nitrogens is 1. The van der Waals surface area contributed by atoms with Crippen molar-refractivity contribution in [3.8, 4) is 0 Å². The van der Waals surface area contributed by atoms with E-state index in [-0.39, 0.29) is 12.8 Å². The van der Waals surface area contributed by atoms with Gasteiger partial charge in [-0.25, -0.2) is 0 Å². The lowest BCUT2D eigenvalue weighted by atomic mass is 10.7. The average molecular weight is 75.1 g/mol. The van der Waals surface area contributed by atoms with Gasteiger partial charge >= 0.3 is 0 Å². The summed E-state index contributed by atoms with van der Waals surface area (Å²) in [5.74, 6) is 0. The van der Waals surface area contributed by atoms with Crippen molar-refractivity contribution >= 4 is 0 Å². The van der Waals surface area contributed by atoms with Crippen molar-refractivity contribution in [2.75, 3.05) is 6.61 Å². The fourth-order valence-corrected chi connectivity index (χ4v) is 0. The van der Waals surface area contributed by atoms with Gasteiger partial charge in [0.2, 0.25) is 0 Å². The maximum absolute atomic E-state index is 9.18. The molecule has 0 aliphatic rings. The molecule has 0 rings (SSSR count). The molecule has 0 spiro atoms. The van der Waals surface area contributed by atoms with E-state index in [1.165, 1.54) is 6.08 Å². The lowest BCUT2D eigenvalue weighted by Crippen LogP contribution is -1.98. The van der Waals surface area contributed by atoms with Crippen LogP contribution in [-0.2, 0) is 0 Å². The molecule has 5 heavy (non-hydrogen) atoms. The summed E-state index contributed by atoms with van der Waals surface area (Å²) in [5.41, 5.74) is 0. The molecule has 0 aromatic rings.